The Kier molecular flexibility index (Phi) is 4.96. The van der Waals surface area contributed by atoms with Crippen molar-refractivity contribution in [3.05, 3.63) is 0 Å². The van der Waals surface area contributed by atoms with E-state index >= 15 is 0 Å². The van der Waals surface area contributed by atoms with Crippen LogP contribution in [0.5, 0.6) is 0 Å². The number of alkyl halides is 2. The minimum atomic E-state index is 0.314. The maximum atomic E-state index is 5.61. The predicted octanol–water partition coefficient (Wildman–Crippen LogP) is 3.57. The van der Waals surface area contributed by atoms with Crippen LogP contribution in [-0.2, 0) is 0 Å². The Balaban J connectivity index is 3.62. The summed E-state index contributed by atoms with van der Waals surface area (Å²) in [6, 6.07) is 0. The Morgan fingerprint density at radius 2 is 1.78 bits per heavy atom. The average Bonchev–Trinajstić information content (AvgIpc) is 1.89. The van der Waals surface area contributed by atoms with Gasteiger partial charge < -0.3 is 0 Å². The Morgan fingerprint density at radius 3 is 1.89 bits per heavy atom. The van der Waals surface area contributed by atoms with Gasteiger partial charge in [0.15, 0.2) is 0 Å². The van der Waals surface area contributed by atoms with Gasteiger partial charge in [-0.1, -0.05) is 29.8 Å². The molecule has 0 fully saturated rings. The molecular weight excluding hydrogens is 199 g/mol. The van der Waals surface area contributed by atoms with E-state index in [-0.39, 0.29) is 0 Å². The molecule has 0 heterocycles. The van der Waals surface area contributed by atoms with Crippen molar-refractivity contribution in [3.8, 4) is 0 Å². The van der Waals surface area contributed by atoms with Crippen molar-refractivity contribution in [1.29, 1.82) is 0 Å². The molecule has 0 aromatic carbocycles. The highest BCUT2D eigenvalue weighted by Crippen LogP contribution is 2.30. The minimum absolute atomic E-state index is 0.314. The van der Waals surface area contributed by atoms with Crippen LogP contribution >= 0.6 is 27.5 Å². The molecular formula is C7H14BrCl. The highest BCUT2D eigenvalue weighted by Gasteiger charge is 2.20. The van der Waals surface area contributed by atoms with E-state index < -0.39 is 0 Å². The quantitative estimate of drug-likeness (QED) is 0.627. The lowest BCUT2D eigenvalue weighted by Crippen LogP contribution is -2.18. The Hall–Kier alpha value is 0.770. The first-order valence-corrected chi connectivity index (χ1v) is 4.76. The van der Waals surface area contributed by atoms with E-state index in [1.165, 1.54) is 0 Å². The fourth-order valence-electron chi connectivity index (χ4n) is 0.773. The second-order valence-electron chi connectivity index (χ2n) is 2.30. The lowest BCUT2D eigenvalue weighted by atomic mass is 10.0. The van der Waals surface area contributed by atoms with Gasteiger partial charge in [-0.25, -0.2) is 0 Å². The molecule has 0 spiro atoms. The summed E-state index contributed by atoms with van der Waals surface area (Å²) in [4.78, 5) is 0. The Morgan fingerprint density at radius 1 is 1.33 bits per heavy atom. The topological polar surface area (TPSA) is 0 Å². The predicted molar refractivity (Wildman–Crippen MR) is 47.6 cm³/mol. The van der Waals surface area contributed by atoms with Crippen molar-refractivity contribution in [2.45, 2.75) is 37.4 Å². The lowest BCUT2D eigenvalue weighted by molar-refractivity contribution is 0.547. The van der Waals surface area contributed by atoms with Crippen molar-refractivity contribution < 1.29 is 0 Å². The highest BCUT2D eigenvalue weighted by molar-refractivity contribution is 9.10. The van der Waals surface area contributed by atoms with Crippen molar-refractivity contribution >= 4 is 27.5 Å². The van der Waals surface area contributed by atoms with Crippen LogP contribution in [0.2, 0.25) is 0 Å². The molecule has 0 aromatic rings. The van der Waals surface area contributed by atoms with Crippen molar-refractivity contribution in [3.63, 3.8) is 0 Å². The second kappa shape index (κ2) is 4.56. The summed E-state index contributed by atoms with van der Waals surface area (Å²) in [7, 11) is 0. The first-order valence-electron chi connectivity index (χ1n) is 3.43. The molecule has 0 aromatic heterocycles. The summed E-state index contributed by atoms with van der Waals surface area (Å²) in [6.45, 7) is 4.37. The molecule has 0 aliphatic carbocycles. The third-order valence-corrected chi connectivity index (χ3v) is 3.52. The average molecular weight is 214 g/mol. The highest BCUT2D eigenvalue weighted by atomic mass is 79.9. The monoisotopic (exact) mass is 212 g/mol. The first-order chi connectivity index (χ1) is 4.18. The molecule has 0 aliphatic rings. The van der Waals surface area contributed by atoms with Gasteiger partial charge in [0.1, 0.15) is 0 Å². The summed E-state index contributed by atoms with van der Waals surface area (Å²) >= 11 is 9.27. The van der Waals surface area contributed by atoms with Crippen LogP contribution < -0.4 is 0 Å². The van der Waals surface area contributed by atoms with Gasteiger partial charge >= 0.3 is 0 Å². The van der Waals surface area contributed by atoms with Crippen molar-refractivity contribution in [2.75, 3.05) is 5.88 Å². The number of hydrogen-bond acceptors (Lipinski definition) is 0. The molecule has 9 heavy (non-hydrogen) atoms. The summed E-state index contributed by atoms with van der Waals surface area (Å²) in [5.74, 6) is 0.757. The van der Waals surface area contributed by atoms with Gasteiger partial charge in [-0.3, -0.25) is 0 Å². The second-order valence-corrected chi connectivity index (χ2v) is 4.36. The largest absolute Gasteiger partial charge is 0.127 e. The van der Waals surface area contributed by atoms with Crippen LogP contribution in [0.25, 0.3) is 0 Å². The molecule has 0 N–H and O–H groups in total. The fourth-order valence-corrected chi connectivity index (χ4v) is 1.56. The summed E-state index contributed by atoms with van der Waals surface area (Å²) in [5, 5.41) is 0. The Labute approximate surface area is 71.1 Å². The zero-order chi connectivity index (χ0) is 7.33. The maximum Gasteiger partial charge on any atom is 0.0264 e. The van der Waals surface area contributed by atoms with E-state index in [1.807, 2.05) is 0 Å². The molecule has 0 amide bonds. The lowest BCUT2D eigenvalue weighted by Gasteiger charge is -2.22. The molecule has 0 saturated carbocycles. The van der Waals surface area contributed by atoms with Gasteiger partial charge in [-0.2, -0.15) is 0 Å². The van der Waals surface area contributed by atoms with Gasteiger partial charge in [-0.05, 0) is 19.3 Å². The molecule has 0 radical (unpaired) electrons. The number of hydrogen-bond donors (Lipinski definition) is 0. The van der Waals surface area contributed by atoms with Crippen LogP contribution in [0, 0.1) is 0 Å². The zero-order valence-electron chi connectivity index (χ0n) is 6.08. The van der Waals surface area contributed by atoms with Crippen LogP contribution in [-0.4, -0.2) is 10.2 Å². The van der Waals surface area contributed by atoms with Gasteiger partial charge in [-0.15, -0.1) is 11.6 Å². The molecule has 0 nitrogen and oxygen atoms in total. The molecule has 0 bridgehead atoms. The molecule has 0 atom stereocenters. The van der Waals surface area contributed by atoms with Gasteiger partial charge in [0.25, 0.3) is 0 Å². The SMILES string of the molecule is CCC(Br)(CC)CCCl. The molecule has 56 valence electrons. The van der Waals surface area contributed by atoms with E-state index in [9.17, 15) is 0 Å². The van der Waals surface area contributed by atoms with E-state index in [0.717, 1.165) is 25.1 Å². The molecule has 0 unspecified atom stereocenters. The summed E-state index contributed by atoms with van der Waals surface area (Å²) in [6.07, 6.45) is 3.40. The summed E-state index contributed by atoms with van der Waals surface area (Å²) < 4.78 is 0.314. The van der Waals surface area contributed by atoms with Gasteiger partial charge in [0.2, 0.25) is 0 Å². The van der Waals surface area contributed by atoms with Gasteiger partial charge in [0, 0.05) is 10.2 Å². The number of halogens is 2. The van der Waals surface area contributed by atoms with Gasteiger partial charge in [0.05, 0.1) is 0 Å². The normalized spacial score (nSPS) is 12.0. The maximum absolute atomic E-state index is 5.61. The number of rotatable bonds is 4. The van der Waals surface area contributed by atoms with E-state index in [4.69, 9.17) is 11.6 Å². The molecule has 0 rings (SSSR count). The third kappa shape index (κ3) is 3.47. The summed E-state index contributed by atoms with van der Waals surface area (Å²) in [5.41, 5.74) is 0. The van der Waals surface area contributed by atoms with Crippen LogP contribution in [0.3, 0.4) is 0 Å². The van der Waals surface area contributed by atoms with Crippen LogP contribution in [0.15, 0.2) is 0 Å². The molecule has 0 saturated heterocycles. The van der Waals surface area contributed by atoms with E-state index in [0.29, 0.717) is 4.32 Å². The third-order valence-electron chi connectivity index (χ3n) is 1.81. The molecule has 2 heteroatoms. The van der Waals surface area contributed by atoms with Crippen molar-refractivity contribution in [2.24, 2.45) is 0 Å². The standard InChI is InChI=1S/C7H14BrCl/c1-3-7(8,4-2)5-6-9/h3-6H2,1-2H3. The Bertz CT molecular complexity index is 69.3. The van der Waals surface area contributed by atoms with E-state index in [1.54, 1.807) is 0 Å². The van der Waals surface area contributed by atoms with Crippen LogP contribution in [0.1, 0.15) is 33.1 Å². The van der Waals surface area contributed by atoms with Crippen LogP contribution in [0.4, 0.5) is 0 Å². The smallest absolute Gasteiger partial charge is 0.0264 e. The fraction of sp³-hybridized carbons (Fsp3) is 1.00. The zero-order valence-corrected chi connectivity index (χ0v) is 8.43. The van der Waals surface area contributed by atoms with Crippen molar-refractivity contribution in [1.82, 2.24) is 0 Å². The first kappa shape index (κ1) is 9.77. The van der Waals surface area contributed by atoms with E-state index in [2.05, 4.69) is 29.8 Å². The molecule has 0 aliphatic heterocycles. The minimum Gasteiger partial charge on any atom is -0.127 e.